The molecular weight excluding hydrogens is 208 g/mol. The fraction of sp³-hybridized carbons (Fsp3) is 0.545. The summed E-state index contributed by atoms with van der Waals surface area (Å²) in [5, 5.41) is 7.10. The van der Waals surface area contributed by atoms with Gasteiger partial charge in [0.15, 0.2) is 0 Å². The van der Waals surface area contributed by atoms with E-state index in [1.54, 1.807) is 23.3 Å². The van der Waals surface area contributed by atoms with Gasteiger partial charge in [0.1, 0.15) is 0 Å². The molecule has 84 valence electrons. The van der Waals surface area contributed by atoms with Crippen molar-refractivity contribution in [3.05, 3.63) is 22.4 Å². The minimum Gasteiger partial charge on any atom is -0.340 e. The Morgan fingerprint density at radius 2 is 2.27 bits per heavy atom. The lowest BCUT2D eigenvalue weighted by Crippen LogP contribution is -2.51. The van der Waals surface area contributed by atoms with Crippen LogP contribution >= 0.6 is 11.3 Å². The Bertz CT molecular complexity index is 319. The van der Waals surface area contributed by atoms with Gasteiger partial charge >= 0.3 is 0 Å². The van der Waals surface area contributed by atoms with E-state index in [2.05, 4.69) is 10.7 Å². The monoisotopic (exact) mass is 226 g/mol. The summed E-state index contributed by atoms with van der Waals surface area (Å²) < 4.78 is 0. The van der Waals surface area contributed by atoms with Crippen molar-refractivity contribution in [3.63, 3.8) is 0 Å². The maximum Gasteiger partial charge on any atom is 0.242 e. The molecule has 1 aromatic heterocycles. The molecule has 1 aromatic rings. The minimum absolute atomic E-state index is 0.108. The van der Waals surface area contributed by atoms with Crippen LogP contribution in [-0.4, -0.2) is 30.4 Å². The highest BCUT2D eigenvalue weighted by atomic mass is 32.1. The number of carbonyl (C=O) groups is 1. The van der Waals surface area contributed by atoms with Crippen LogP contribution in [-0.2, 0) is 11.3 Å². The Hall–Kier alpha value is -0.870. The molecule has 0 fully saturated rings. The summed E-state index contributed by atoms with van der Waals surface area (Å²) in [6, 6.07) is 2.04. The molecule has 1 rings (SSSR count). The molecule has 0 radical (unpaired) electrons. The van der Waals surface area contributed by atoms with E-state index in [4.69, 9.17) is 0 Å². The number of thiophene rings is 1. The lowest BCUT2D eigenvalue weighted by molar-refractivity contribution is -0.136. The van der Waals surface area contributed by atoms with E-state index in [9.17, 15) is 4.79 Å². The van der Waals surface area contributed by atoms with Crippen molar-refractivity contribution in [1.29, 1.82) is 0 Å². The Kier molecular flexibility index (Phi) is 3.88. The van der Waals surface area contributed by atoms with Crippen molar-refractivity contribution in [2.45, 2.75) is 25.9 Å². The smallest absolute Gasteiger partial charge is 0.242 e. The number of rotatable bonds is 4. The molecule has 1 N–H and O–H groups in total. The third-order valence-corrected chi connectivity index (χ3v) is 3.24. The molecule has 0 spiro atoms. The molecule has 15 heavy (non-hydrogen) atoms. The number of carbonyl (C=O) groups excluding carboxylic acids is 1. The largest absolute Gasteiger partial charge is 0.340 e. The van der Waals surface area contributed by atoms with Crippen molar-refractivity contribution in [1.82, 2.24) is 10.2 Å². The molecule has 3 nitrogen and oxygen atoms in total. The quantitative estimate of drug-likeness (QED) is 0.847. The highest BCUT2D eigenvalue weighted by Gasteiger charge is 2.28. The lowest BCUT2D eigenvalue weighted by atomic mass is 10.0. The van der Waals surface area contributed by atoms with Crippen LogP contribution in [0.1, 0.15) is 19.4 Å². The summed E-state index contributed by atoms with van der Waals surface area (Å²) in [6.45, 7) is 4.45. The molecule has 0 unspecified atom stereocenters. The van der Waals surface area contributed by atoms with E-state index >= 15 is 0 Å². The zero-order valence-electron chi connectivity index (χ0n) is 9.70. The zero-order valence-corrected chi connectivity index (χ0v) is 10.5. The lowest BCUT2D eigenvalue weighted by Gasteiger charge is -2.28. The van der Waals surface area contributed by atoms with Gasteiger partial charge in [-0.05, 0) is 43.3 Å². The van der Waals surface area contributed by atoms with Crippen molar-refractivity contribution in [3.8, 4) is 0 Å². The van der Waals surface area contributed by atoms with Crippen LogP contribution in [0, 0.1) is 0 Å². The molecule has 4 heteroatoms. The fourth-order valence-electron chi connectivity index (χ4n) is 1.31. The van der Waals surface area contributed by atoms with Gasteiger partial charge in [0.2, 0.25) is 5.91 Å². The highest BCUT2D eigenvalue weighted by molar-refractivity contribution is 7.07. The molecule has 0 saturated heterocycles. The first-order valence-electron chi connectivity index (χ1n) is 4.93. The number of amides is 1. The Morgan fingerprint density at radius 3 is 2.73 bits per heavy atom. The SMILES string of the molecule is CNC(C)(C)C(=O)N(C)Cc1ccsc1. The van der Waals surface area contributed by atoms with E-state index in [0.29, 0.717) is 6.54 Å². The van der Waals surface area contributed by atoms with Crippen LogP contribution in [0.15, 0.2) is 16.8 Å². The van der Waals surface area contributed by atoms with Gasteiger partial charge in [-0.25, -0.2) is 0 Å². The summed E-state index contributed by atoms with van der Waals surface area (Å²) in [4.78, 5) is 13.7. The second-order valence-electron chi connectivity index (χ2n) is 4.17. The van der Waals surface area contributed by atoms with Gasteiger partial charge in [0.05, 0.1) is 5.54 Å². The summed E-state index contributed by atoms with van der Waals surface area (Å²) in [6.07, 6.45) is 0. The average molecular weight is 226 g/mol. The van der Waals surface area contributed by atoms with E-state index in [0.717, 1.165) is 0 Å². The number of likely N-dealkylation sites (N-methyl/N-ethyl adjacent to an activating group) is 2. The molecule has 0 bridgehead atoms. The van der Waals surface area contributed by atoms with Crippen LogP contribution in [0.3, 0.4) is 0 Å². The van der Waals surface area contributed by atoms with E-state index < -0.39 is 5.54 Å². The normalized spacial score (nSPS) is 11.5. The van der Waals surface area contributed by atoms with Gasteiger partial charge in [0, 0.05) is 13.6 Å². The standard InChI is InChI=1S/C11H18N2OS/c1-11(2,12-3)10(14)13(4)7-9-5-6-15-8-9/h5-6,8,12H,7H2,1-4H3. The summed E-state index contributed by atoms with van der Waals surface area (Å²) >= 11 is 1.65. The Labute approximate surface area is 95.1 Å². The zero-order chi connectivity index (χ0) is 11.5. The van der Waals surface area contributed by atoms with Crippen LogP contribution in [0.4, 0.5) is 0 Å². The summed E-state index contributed by atoms with van der Waals surface area (Å²) in [7, 11) is 3.63. The number of nitrogens with one attached hydrogen (secondary N) is 1. The molecule has 1 amide bonds. The van der Waals surface area contributed by atoms with Gasteiger partial charge in [-0.1, -0.05) is 0 Å². The third-order valence-electron chi connectivity index (χ3n) is 2.51. The molecule has 0 aliphatic rings. The predicted molar refractivity (Wildman–Crippen MR) is 63.9 cm³/mol. The van der Waals surface area contributed by atoms with Crippen LogP contribution in [0.25, 0.3) is 0 Å². The first-order chi connectivity index (χ1) is 6.97. The van der Waals surface area contributed by atoms with Crippen LogP contribution < -0.4 is 5.32 Å². The van der Waals surface area contributed by atoms with E-state index in [1.807, 2.05) is 32.3 Å². The van der Waals surface area contributed by atoms with Crippen molar-refractivity contribution in [2.24, 2.45) is 0 Å². The molecular formula is C11H18N2OS. The number of hydrogen-bond acceptors (Lipinski definition) is 3. The Morgan fingerprint density at radius 1 is 1.60 bits per heavy atom. The highest BCUT2D eigenvalue weighted by Crippen LogP contribution is 2.12. The molecule has 0 saturated carbocycles. The average Bonchev–Trinajstić information content (AvgIpc) is 2.69. The van der Waals surface area contributed by atoms with Crippen molar-refractivity contribution in [2.75, 3.05) is 14.1 Å². The van der Waals surface area contributed by atoms with E-state index in [1.165, 1.54) is 5.56 Å². The Balaban J connectivity index is 2.61. The summed E-state index contributed by atoms with van der Waals surface area (Å²) in [5.41, 5.74) is 0.688. The predicted octanol–water partition coefficient (Wildman–Crippen LogP) is 1.70. The topological polar surface area (TPSA) is 32.3 Å². The molecule has 0 aliphatic heterocycles. The fourth-order valence-corrected chi connectivity index (χ4v) is 1.97. The van der Waals surface area contributed by atoms with Crippen LogP contribution in [0.2, 0.25) is 0 Å². The molecule has 0 aliphatic carbocycles. The first kappa shape index (κ1) is 12.2. The van der Waals surface area contributed by atoms with Gasteiger partial charge in [-0.3, -0.25) is 4.79 Å². The van der Waals surface area contributed by atoms with Gasteiger partial charge < -0.3 is 10.2 Å². The molecule has 0 atom stereocenters. The second kappa shape index (κ2) is 4.77. The van der Waals surface area contributed by atoms with Gasteiger partial charge in [0.25, 0.3) is 0 Å². The minimum atomic E-state index is -0.495. The summed E-state index contributed by atoms with van der Waals surface area (Å²) in [5.74, 6) is 0.108. The number of hydrogen-bond donors (Lipinski definition) is 1. The maximum atomic E-state index is 12.0. The molecule has 1 heterocycles. The first-order valence-corrected chi connectivity index (χ1v) is 5.87. The van der Waals surface area contributed by atoms with Crippen molar-refractivity contribution < 1.29 is 4.79 Å². The number of nitrogens with zero attached hydrogens (tertiary/aromatic N) is 1. The maximum absolute atomic E-state index is 12.0. The van der Waals surface area contributed by atoms with E-state index in [-0.39, 0.29) is 5.91 Å². The van der Waals surface area contributed by atoms with Crippen molar-refractivity contribution >= 4 is 17.2 Å². The molecule has 0 aromatic carbocycles. The van der Waals surface area contributed by atoms with Gasteiger partial charge in [-0.2, -0.15) is 11.3 Å². The van der Waals surface area contributed by atoms with Gasteiger partial charge in [-0.15, -0.1) is 0 Å². The van der Waals surface area contributed by atoms with Crippen LogP contribution in [0.5, 0.6) is 0 Å². The second-order valence-corrected chi connectivity index (χ2v) is 4.95. The third kappa shape index (κ3) is 3.04.